The van der Waals surface area contributed by atoms with E-state index < -0.39 is 6.36 Å². The number of amides is 1. The highest BCUT2D eigenvalue weighted by Gasteiger charge is 2.31. The smallest absolute Gasteiger partial charge is 0.406 e. The van der Waals surface area contributed by atoms with Crippen molar-refractivity contribution in [3.05, 3.63) is 102 Å². The van der Waals surface area contributed by atoms with Crippen LogP contribution in [-0.4, -0.2) is 17.3 Å². The fourth-order valence-electron chi connectivity index (χ4n) is 3.60. The first-order valence-electron chi connectivity index (χ1n) is 10.7. The third kappa shape index (κ3) is 6.60. The quantitative estimate of drug-likeness (QED) is 0.307. The van der Waals surface area contributed by atoms with Crippen molar-refractivity contribution >= 4 is 23.1 Å². The molecule has 5 nitrogen and oxygen atoms in total. The lowest BCUT2D eigenvalue weighted by Crippen LogP contribution is -2.16. The normalized spacial score (nSPS) is 11.1. The van der Waals surface area contributed by atoms with Gasteiger partial charge in [-0.1, -0.05) is 12.1 Å². The molecule has 35 heavy (non-hydrogen) atoms. The Labute approximate surface area is 200 Å². The van der Waals surface area contributed by atoms with Gasteiger partial charge in [-0.2, -0.15) is 0 Å². The first-order valence-corrected chi connectivity index (χ1v) is 10.7. The molecule has 0 aliphatic carbocycles. The Bertz CT molecular complexity index is 1320. The minimum Gasteiger partial charge on any atom is -0.406 e. The van der Waals surface area contributed by atoms with Gasteiger partial charge < -0.3 is 15.4 Å². The van der Waals surface area contributed by atoms with Crippen LogP contribution in [0.4, 0.5) is 30.4 Å². The molecular weight excluding hydrogens is 455 g/mol. The maximum absolute atomic E-state index is 12.6. The molecule has 0 radical (unpaired) electrons. The van der Waals surface area contributed by atoms with E-state index in [1.165, 1.54) is 24.3 Å². The second kappa shape index (κ2) is 9.89. The molecule has 178 valence electrons. The summed E-state index contributed by atoms with van der Waals surface area (Å²) in [5, 5.41) is 6.08. The number of nitrogens with zero attached hydrogens (tertiary/aromatic N) is 1. The van der Waals surface area contributed by atoms with Gasteiger partial charge in [-0.25, -0.2) is 4.98 Å². The maximum Gasteiger partial charge on any atom is 0.573 e. The number of alkyl halides is 3. The zero-order valence-corrected chi connectivity index (χ0v) is 19.0. The van der Waals surface area contributed by atoms with E-state index in [0.717, 1.165) is 22.5 Å². The summed E-state index contributed by atoms with van der Waals surface area (Å²) in [7, 11) is 0. The lowest BCUT2D eigenvalue weighted by atomic mass is 10.1. The Morgan fingerprint density at radius 1 is 0.829 bits per heavy atom. The van der Waals surface area contributed by atoms with Gasteiger partial charge in [-0.05, 0) is 97.8 Å². The number of benzene rings is 3. The number of hydrogen-bond donors (Lipinski definition) is 2. The monoisotopic (exact) mass is 477 g/mol. The number of nitrogens with one attached hydrogen (secondary N) is 2. The van der Waals surface area contributed by atoms with E-state index in [4.69, 9.17) is 0 Å². The second-order valence-electron chi connectivity index (χ2n) is 8.01. The topological polar surface area (TPSA) is 63.2 Å². The van der Waals surface area contributed by atoms with Crippen LogP contribution in [0.2, 0.25) is 0 Å². The van der Waals surface area contributed by atoms with Crippen LogP contribution < -0.4 is 15.4 Å². The summed E-state index contributed by atoms with van der Waals surface area (Å²) in [6, 6.07) is 23.6. The Morgan fingerprint density at radius 2 is 1.49 bits per heavy atom. The second-order valence-corrected chi connectivity index (χ2v) is 8.01. The van der Waals surface area contributed by atoms with Crippen LogP contribution in [-0.2, 0) is 0 Å². The van der Waals surface area contributed by atoms with Crippen molar-refractivity contribution in [3.63, 3.8) is 0 Å². The van der Waals surface area contributed by atoms with Crippen molar-refractivity contribution in [2.75, 3.05) is 10.6 Å². The summed E-state index contributed by atoms with van der Waals surface area (Å²) in [5.41, 5.74) is 5.35. The van der Waals surface area contributed by atoms with Crippen LogP contribution in [0.15, 0.2) is 84.9 Å². The van der Waals surface area contributed by atoms with E-state index in [1.807, 2.05) is 32.0 Å². The summed E-state index contributed by atoms with van der Waals surface area (Å²) in [5.74, 6) is 0.0439. The zero-order valence-electron chi connectivity index (χ0n) is 19.0. The standard InChI is InChI=1S/C27H22F3N3O2/c1-17-14-18(2)16-22(15-17)32-26(34)20-6-10-21(11-7-20)31-25-5-3-4-24(33-25)19-8-12-23(13-9-19)35-27(28,29)30/h3-16H,1-2H3,(H,31,33)(H,32,34). The average Bonchev–Trinajstić information content (AvgIpc) is 2.78. The molecule has 0 atom stereocenters. The molecule has 1 amide bonds. The fourth-order valence-corrected chi connectivity index (χ4v) is 3.60. The molecule has 1 heterocycles. The number of halogens is 3. The van der Waals surface area contributed by atoms with E-state index in [-0.39, 0.29) is 11.7 Å². The summed E-state index contributed by atoms with van der Waals surface area (Å²) >= 11 is 0. The van der Waals surface area contributed by atoms with Crippen molar-refractivity contribution in [1.29, 1.82) is 0 Å². The molecule has 0 fully saturated rings. The first-order chi connectivity index (χ1) is 16.6. The molecule has 0 bridgehead atoms. The number of anilines is 3. The minimum absolute atomic E-state index is 0.209. The van der Waals surface area contributed by atoms with Crippen molar-refractivity contribution in [3.8, 4) is 17.0 Å². The lowest BCUT2D eigenvalue weighted by molar-refractivity contribution is -0.274. The molecule has 2 N–H and O–H groups in total. The van der Waals surface area contributed by atoms with Crippen LogP contribution in [0.25, 0.3) is 11.3 Å². The molecule has 1 aromatic heterocycles. The predicted octanol–water partition coefficient (Wildman–Crippen LogP) is 7.26. The van der Waals surface area contributed by atoms with Crippen molar-refractivity contribution < 1.29 is 22.7 Å². The van der Waals surface area contributed by atoms with E-state index in [9.17, 15) is 18.0 Å². The highest BCUT2D eigenvalue weighted by atomic mass is 19.4. The SMILES string of the molecule is Cc1cc(C)cc(NC(=O)c2ccc(Nc3cccc(-c4ccc(OC(F)(F)F)cc4)n3)cc2)c1. The minimum atomic E-state index is -4.74. The van der Waals surface area contributed by atoms with Crippen LogP contribution in [0.3, 0.4) is 0 Å². The number of pyridine rings is 1. The summed E-state index contributed by atoms with van der Waals surface area (Å²) in [4.78, 5) is 17.1. The van der Waals surface area contributed by atoms with Gasteiger partial charge >= 0.3 is 6.36 Å². The molecule has 0 aliphatic heterocycles. The number of aromatic nitrogens is 1. The third-order valence-electron chi connectivity index (χ3n) is 5.03. The van der Waals surface area contributed by atoms with E-state index >= 15 is 0 Å². The van der Waals surface area contributed by atoms with Gasteiger partial charge in [0.25, 0.3) is 5.91 Å². The van der Waals surface area contributed by atoms with Crippen LogP contribution >= 0.6 is 0 Å². The number of hydrogen-bond acceptors (Lipinski definition) is 4. The van der Waals surface area contributed by atoms with Crippen molar-refractivity contribution in [2.24, 2.45) is 0 Å². The van der Waals surface area contributed by atoms with Gasteiger partial charge in [0.15, 0.2) is 0 Å². The van der Waals surface area contributed by atoms with Crippen LogP contribution in [0, 0.1) is 13.8 Å². The number of aryl methyl sites for hydroxylation is 2. The van der Waals surface area contributed by atoms with E-state index in [2.05, 4.69) is 20.4 Å². The van der Waals surface area contributed by atoms with Gasteiger partial charge in [0, 0.05) is 22.5 Å². The molecule has 0 saturated heterocycles. The highest BCUT2D eigenvalue weighted by Crippen LogP contribution is 2.27. The molecule has 0 saturated carbocycles. The van der Waals surface area contributed by atoms with Gasteiger partial charge in [0.05, 0.1) is 5.69 Å². The molecule has 8 heteroatoms. The van der Waals surface area contributed by atoms with Crippen molar-refractivity contribution in [2.45, 2.75) is 20.2 Å². The summed E-state index contributed by atoms with van der Waals surface area (Å²) in [6.07, 6.45) is -4.74. The van der Waals surface area contributed by atoms with Gasteiger partial charge in [0.1, 0.15) is 11.6 Å². The Kier molecular flexibility index (Phi) is 6.73. The lowest BCUT2D eigenvalue weighted by Gasteiger charge is -2.11. The van der Waals surface area contributed by atoms with E-state index in [1.54, 1.807) is 42.5 Å². The summed E-state index contributed by atoms with van der Waals surface area (Å²) < 4.78 is 41.0. The van der Waals surface area contributed by atoms with Gasteiger partial charge in [0.2, 0.25) is 0 Å². The van der Waals surface area contributed by atoms with Gasteiger partial charge in [-0.3, -0.25) is 4.79 Å². The molecule has 4 aromatic rings. The molecule has 0 spiro atoms. The Balaban J connectivity index is 1.42. The van der Waals surface area contributed by atoms with Crippen LogP contribution in [0.5, 0.6) is 5.75 Å². The molecule has 0 aliphatic rings. The Morgan fingerprint density at radius 3 is 2.11 bits per heavy atom. The Hall–Kier alpha value is -4.33. The molecule has 3 aromatic carbocycles. The third-order valence-corrected chi connectivity index (χ3v) is 5.03. The predicted molar refractivity (Wildman–Crippen MR) is 130 cm³/mol. The molecule has 4 rings (SSSR count). The number of ether oxygens (including phenoxy) is 1. The first kappa shape index (κ1) is 23.8. The average molecular weight is 477 g/mol. The maximum atomic E-state index is 12.6. The van der Waals surface area contributed by atoms with Gasteiger partial charge in [-0.15, -0.1) is 13.2 Å². The largest absolute Gasteiger partial charge is 0.573 e. The molecular formula is C27H22F3N3O2. The van der Waals surface area contributed by atoms with Crippen LogP contribution in [0.1, 0.15) is 21.5 Å². The number of rotatable bonds is 6. The van der Waals surface area contributed by atoms with Crippen molar-refractivity contribution in [1.82, 2.24) is 4.98 Å². The highest BCUT2D eigenvalue weighted by molar-refractivity contribution is 6.04. The zero-order chi connectivity index (χ0) is 25.0. The number of carbonyl (C=O) groups is 1. The fraction of sp³-hybridized carbons (Fsp3) is 0.111. The number of carbonyl (C=O) groups excluding carboxylic acids is 1. The molecule has 0 unspecified atom stereocenters. The summed E-state index contributed by atoms with van der Waals surface area (Å²) in [6.45, 7) is 3.95. The van der Waals surface area contributed by atoms with E-state index in [0.29, 0.717) is 22.6 Å².